The van der Waals surface area contributed by atoms with Crippen LogP contribution in [0.3, 0.4) is 0 Å². The van der Waals surface area contributed by atoms with Gasteiger partial charge in [0.05, 0.1) is 0 Å². The van der Waals surface area contributed by atoms with Gasteiger partial charge in [-0.1, -0.05) is 33.1 Å². The van der Waals surface area contributed by atoms with Crippen molar-refractivity contribution in [1.29, 1.82) is 0 Å². The van der Waals surface area contributed by atoms with Crippen LogP contribution in [0.1, 0.15) is 52.9 Å². The number of imide groups is 1. The molecule has 4 heteroatoms. The van der Waals surface area contributed by atoms with E-state index in [0.29, 0.717) is 0 Å². The van der Waals surface area contributed by atoms with Crippen LogP contribution >= 0.6 is 0 Å². The van der Waals surface area contributed by atoms with Crippen LogP contribution in [-0.4, -0.2) is 40.9 Å². The van der Waals surface area contributed by atoms with E-state index in [0.717, 1.165) is 25.7 Å². The summed E-state index contributed by atoms with van der Waals surface area (Å²) in [5, 5.41) is 0. The average molecular weight is 240 g/mol. The van der Waals surface area contributed by atoms with E-state index in [9.17, 15) is 9.59 Å². The molecule has 1 saturated heterocycles. The van der Waals surface area contributed by atoms with Gasteiger partial charge < -0.3 is 4.90 Å². The van der Waals surface area contributed by atoms with Gasteiger partial charge in [0.15, 0.2) is 0 Å². The molecule has 1 saturated carbocycles. The number of rotatable bonds is 1. The topological polar surface area (TPSA) is 40.6 Å². The van der Waals surface area contributed by atoms with Crippen molar-refractivity contribution in [3.8, 4) is 0 Å². The maximum Gasteiger partial charge on any atom is 0.327 e. The Labute approximate surface area is 104 Å². The lowest BCUT2D eigenvalue weighted by atomic mass is 9.94. The monoisotopic (exact) mass is 240 g/mol. The number of hydrogen-bond donors (Lipinski definition) is 0. The number of likely N-dealkylation sites (N-methyl/N-ethyl adjacent to an activating group) is 1. The zero-order chi connectivity index (χ0) is 13.0. The van der Waals surface area contributed by atoms with E-state index in [1.165, 1.54) is 16.2 Å². The van der Waals surface area contributed by atoms with Gasteiger partial charge in [-0.2, -0.15) is 0 Å². The predicted molar refractivity (Wildman–Crippen MR) is 67.7 cm³/mol. The van der Waals surface area contributed by atoms with E-state index in [-0.39, 0.29) is 24.0 Å². The third kappa shape index (κ3) is 2.61. The Morgan fingerprint density at radius 2 is 1.59 bits per heavy atom. The highest BCUT2D eigenvalue weighted by Gasteiger charge is 2.43. The van der Waals surface area contributed by atoms with Crippen molar-refractivity contribution < 1.29 is 9.59 Å². The smallest absolute Gasteiger partial charge is 0.316 e. The summed E-state index contributed by atoms with van der Waals surface area (Å²) in [6, 6.07) is -0.232. The molecule has 0 bridgehead atoms. The van der Waals surface area contributed by atoms with Gasteiger partial charge in [-0.05, 0) is 19.8 Å². The first-order valence-corrected chi connectivity index (χ1v) is 6.73. The Morgan fingerprint density at radius 1 is 1.06 bits per heavy atom. The fourth-order valence-electron chi connectivity index (χ4n) is 2.47. The van der Waals surface area contributed by atoms with E-state index in [1.807, 2.05) is 13.8 Å². The maximum atomic E-state index is 11.9. The maximum absolute atomic E-state index is 11.9. The van der Waals surface area contributed by atoms with Crippen LogP contribution in [-0.2, 0) is 4.79 Å². The first-order valence-electron chi connectivity index (χ1n) is 6.73. The molecule has 17 heavy (non-hydrogen) atoms. The van der Waals surface area contributed by atoms with Crippen molar-refractivity contribution in [3.63, 3.8) is 0 Å². The Balaban J connectivity index is 0.000000686. The second kappa shape index (κ2) is 6.03. The highest BCUT2D eigenvalue weighted by molar-refractivity contribution is 6.04. The largest absolute Gasteiger partial charge is 0.327 e. The lowest BCUT2D eigenvalue weighted by molar-refractivity contribution is -0.129. The molecule has 4 nitrogen and oxygen atoms in total. The van der Waals surface area contributed by atoms with Crippen LogP contribution in [0.25, 0.3) is 0 Å². The Hall–Kier alpha value is -1.06. The summed E-state index contributed by atoms with van der Waals surface area (Å²) in [6.07, 6.45) is 5.48. The summed E-state index contributed by atoms with van der Waals surface area (Å²) < 4.78 is 0. The van der Waals surface area contributed by atoms with Crippen LogP contribution < -0.4 is 0 Å². The molecule has 2 rings (SSSR count). The molecule has 98 valence electrons. The van der Waals surface area contributed by atoms with Gasteiger partial charge in [0.2, 0.25) is 0 Å². The average Bonchev–Trinajstić information content (AvgIpc) is 2.58. The molecule has 1 heterocycles. The number of carbonyl (C=O) groups excluding carboxylic acids is 2. The molecule has 0 radical (unpaired) electrons. The summed E-state index contributed by atoms with van der Waals surface area (Å²) in [7, 11) is 1.70. The molecule has 1 atom stereocenters. The summed E-state index contributed by atoms with van der Waals surface area (Å²) in [5.74, 6) is -0.0191. The third-order valence-electron chi connectivity index (χ3n) is 3.62. The minimum absolute atomic E-state index is 0.0191. The molecule has 2 fully saturated rings. The Morgan fingerprint density at radius 3 is 2.00 bits per heavy atom. The number of urea groups is 1. The van der Waals surface area contributed by atoms with Crippen LogP contribution in [0.15, 0.2) is 0 Å². The number of amides is 3. The summed E-state index contributed by atoms with van der Waals surface area (Å²) in [5.41, 5.74) is 0. The molecule has 0 spiro atoms. The molecular formula is C13H24N2O2. The first-order chi connectivity index (χ1) is 8.13. The van der Waals surface area contributed by atoms with E-state index in [1.54, 1.807) is 14.0 Å². The normalized spacial score (nSPS) is 26.0. The SMILES string of the molecule is CC.CC1C(=O)N(C2CCCCC2)C(=O)N1C. The lowest BCUT2D eigenvalue weighted by Gasteiger charge is -2.28. The van der Waals surface area contributed by atoms with Crippen molar-refractivity contribution in [2.45, 2.75) is 65.0 Å². The molecule has 3 amide bonds. The fourth-order valence-corrected chi connectivity index (χ4v) is 2.47. The quantitative estimate of drug-likeness (QED) is 0.661. The molecule has 1 aliphatic carbocycles. The molecular weight excluding hydrogens is 216 g/mol. The molecule has 0 aromatic heterocycles. The van der Waals surface area contributed by atoms with Gasteiger partial charge in [-0.25, -0.2) is 4.79 Å². The Kier molecular flexibility index (Phi) is 4.97. The lowest BCUT2D eigenvalue weighted by Crippen LogP contribution is -2.41. The predicted octanol–water partition coefficient (Wildman–Crippen LogP) is 2.63. The summed E-state index contributed by atoms with van der Waals surface area (Å²) in [6.45, 7) is 5.79. The highest BCUT2D eigenvalue weighted by Crippen LogP contribution is 2.27. The van der Waals surface area contributed by atoms with Crippen LogP contribution in [0.5, 0.6) is 0 Å². The minimum atomic E-state index is -0.278. The van der Waals surface area contributed by atoms with Crippen molar-refractivity contribution in [1.82, 2.24) is 9.80 Å². The standard InChI is InChI=1S/C11H18N2O2.C2H6/c1-8-10(14)13(11(15)12(8)2)9-6-4-3-5-7-9;1-2/h8-9H,3-7H2,1-2H3;1-2H3. The van der Waals surface area contributed by atoms with Gasteiger partial charge in [0, 0.05) is 13.1 Å². The van der Waals surface area contributed by atoms with Crippen LogP contribution in [0.2, 0.25) is 0 Å². The van der Waals surface area contributed by atoms with E-state index in [4.69, 9.17) is 0 Å². The highest BCUT2D eigenvalue weighted by atomic mass is 16.2. The number of hydrogen-bond acceptors (Lipinski definition) is 2. The van der Waals surface area contributed by atoms with Crippen molar-refractivity contribution >= 4 is 11.9 Å². The van der Waals surface area contributed by atoms with Crippen molar-refractivity contribution in [2.24, 2.45) is 0 Å². The zero-order valence-corrected chi connectivity index (χ0v) is 11.4. The molecule has 0 aromatic carbocycles. The fraction of sp³-hybridized carbons (Fsp3) is 0.846. The Bertz CT molecular complexity index is 265. The second-order valence-corrected chi connectivity index (χ2v) is 4.57. The minimum Gasteiger partial charge on any atom is -0.316 e. The number of nitrogens with zero attached hydrogens (tertiary/aromatic N) is 2. The zero-order valence-electron chi connectivity index (χ0n) is 11.4. The second-order valence-electron chi connectivity index (χ2n) is 4.57. The van der Waals surface area contributed by atoms with Gasteiger partial charge in [-0.3, -0.25) is 9.69 Å². The van der Waals surface area contributed by atoms with Gasteiger partial charge in [0.25, 0.3) is 5.91 Å². The first kappa shape index (κ1) is 14.0. The molecule has 2 aliphatic rings. The van der Waals surface area contributed by atoms with Crippen molar-refractivity contribution in [2.75, 3.05) is 7.05 Å². The van der Waals surface area contributed by atoms with E-state index >= 15 is 0 Å². The van der Waals surface area contributed by atoms with E-state index < -0.39 is 0 Å². The number of carbonyl (C=O) groups is 2. The van der Waals surface area contributed by atoms with Crippen LogP contribution in [0.4, 0.5) is 4.79 Å². The van der Waals surface area contributed by atoms with Gasteiger partial charge >= 0.3 is 6.03 Å². The van der Waals surface area contributed by atoms with Crippen LogP contribution in [0, 0.1) is 0 Å². The van der Waals surface area contributed by atoms with Gasteiger partial charge in [0.1, 0.15) is 6.04 Å². The van der Waals surface area contributed by atoms with Gasteiger partial charge in [-0.15, -0.1) is 0 Å². The molecule has 1 aliphatic heterocycles. The van der Waals surface area contributed by atoms with Crippen molar-refractivity contribution in [3.05, 3.63) is 0 Å². The summed E-state index contributed by atoms with van der Waals surface area (Å²) in [4.78, 5) is 26.8. The molecule has 1 unspecified atom stereocenters. The molecule has 0 N–H and O–H groups in total. The summed E-state index contributed by atoms with van der Waals surface area (Å²) >= 11 is 0. The third-order valence-corrected chi connectivity index (χ3v) is 3.62. The molecule has 0 aromatic rings. The van der Waals surface area contributed by atoms with E-state index in [2.05, 4.69) is 0 Å².